The molecule has 1 aromatic carbocycles. The molecule has 2 atom stereocenters. The molecule has 1 aliphatic heterocycles. The summed E-state index contributed by atoms with van der Waals surface area (Å²) in [5.41, 5.74) is 3.17. The van der Waals surface area contributed by atoms with Gasteiger partial charge in [0.25, 0.3) is 0 Å². The highest BCUT2D eigenvalue weighted by atomic mass is 16.5. The first-order valence-electron chi connectivity index (χ1n) is 8.63. The lowest BCUT2D eigenvalue weighted by molar-refractivity contribution is 0.117. The lowest BCUT2D eigenvalue weighted by Crippen LogP contribution is -2.30. The molecule has 0 saturated carbocycles. The second kappa shape index (κ2) is 7.36. The number of aryl methyl sites for hydroxylation is 2. The summed E-state index contributed by atoms with van der Waals surface area (Å²) in [6.07, 6.45) is 2.67. The van der Waals surface area contributed by atoms with Gasteiger partial charge in [0.15, 0.2) is 0 Å². The summed E-state index contributed by atoms with van der Waals surface area (Å²) in [4.78, 5) is 2.46. The van der Waals surface area contributed by atoms with Gasteiger partial charge in [-0.1, -0.05) is 30.3 Å². The van der Waals surface area contributed by atoms with Crippen molar-refractivity contribution in [3.8, 4) is 5.88 Å². The van der Waals surface area contributed by atoms with Crippen LogP contribution in [0.4, 0.5) is 0 Å². The molecule has 1 saturated heterocycles. The van der Waals surface area contributed by atoms with Gasteiger partial charge in [-0.05, 0) is 38.3 Å². The monoisotopic (exact) mass is 329 g/mol. The minimum Gasteiger partial charge on any atom is -0.481 e. The van der Waals surface area contributed by atoms with Crippen LogP contribution in [0, 0.1) is 6.92 Å². The van der Waals surface area contributed by atoms with E-state index in [4.69, 9.17) is 4.74 Å². The number of aromatic nitrogens is 2. The van der Waals surface area contributed by atoms with E-state index in [2.05, 4.69) is 10.00 Å². The Hall–Kier alpha value is -1.85. The summed E-state index contributed by atoms with van der Waals surface area (Å²) < 4.78 is 7.32. The maximum Gasteiger partial charge on any atom is 0.216 e. The van der Waals surface area contributed by atoms with Gasteiger partial charge >= 0.3 is 0 Å². The van der Waals surface area contributed by atoms with Crippen molar-refractivity contribution in [1.29, 1.82) is 0 Å². The van der Waals surface area contributed by atoms with Gasteiger partial charge in [-0.25, -0.2) is 4.68 Å². The van der Waals surface area contributed by atoms with E-state index in [0.29, 0.717) is 6.04 Å². The maximum atomic E-state index is 10.6. The van der Waals surface area contributed by atoms with Gasteiger partial charge < -0.3 is 9.84 Å². The largest absolute Gasteiger partial charge is 0.481 e. The lowest BCUT2D eigenvalue weighted by Gasteiger charge is -2.26. The van der Waals surface area contributed by atoms with Gasteiger partial charge in [0.2, 0.25) is 5.88 Å². The number of nitrogens with zero attached hydrogens (tertiary/aromatic N) is 3. The van der Waals surface area contributed by atoms with Crippen molar-refractivity contribution in [3.05, 3.63) is 47.2 Å². The van der Waals surface area contributed by atoms with E-state index in [1.165, 1.54) is 6.42 Å². The molecule has 2 unspecified atom stereocenters. The van der Waals surface area contributed by atoms with Crippen LogP contribution in [0.15, 0.2) is 30.3 Å². The highest BCUT2D eigenvalue weighted by molar-refractivity contribution is 5.31. The molecule has 1 N–H and O–H groups in total. The van der Waals surface area contributed by atoms with Crippen LogP contribution >= 0.6 is 0 Å². The summed E-state index contributed by atoms with van der Waals surface area (Å²) in [7, 11) is 3.61. The Kier molecular flexibility index (Phi) is 5.21. The number of hydrogen-bond acceptors (Lipinski definition) is 4. The number of aliphatic hydroxyl groups excluding tert-OH is 1. The zero-order chi connectivity index (χ0) is 17.1. The van der Waals surface area contributed by atoms with Crippen molar-refractivity contribution in [1.82, 2.24) is 14.7 Å². The second-order valence-electron chi connectivity index (χ2n) is 6.63. The molecule has 24 heavy (non-hydrogen) atoms. The topological polar surface area (TPSA) is 50.5 Å². The van der Waals surface area contributed by atoms with Crippen molar-refractivity contribution in [2.75, 3.05) is 13.7 Å². The highest BCUT2D eigenvalue weighted by Gasteiger charge is 2.29. The predicted molar refractivity (Wildman–Crippen MR) is 93.9 cm³/mol. The SMILES string of the molecule is COc1c(CN2CCCC2CC(O)c2ccccc2)c(C)nn1C. The number of likely N-dealkylation sites (tertiary alicyclic amines) is 1. The van der Waals surface area contributed by atoms with E-state index in [-0.39, 0.29) is 0 Å². The van der Waals surface area contributed by atoms with Crippen LogP contribution < -0.4 is 4.74 Å². The first kappa shape index (κ1) is 17.0. The first-order valence-corrected chi connectivity index (χ1v) is 8.63. The van der Waals surface area contributed by atoms with Crippen molar-refractivity contribution in [2.24, 2.45) is 7.05 Å². The summed E-state index contributed by atoms with van der Waals surface area (Å²) in [6.45, 7) is 3.92. The molecule has 0 spiro atoms. The Morgan fingerprint density at radius 3 is 2.79 bits per heavy atom. The summed E-state index contributed by atoms with van der Waals surface area (Å²) >= 11 is 0. The lowest BCUT2D eigenvalue weighted by atomic mass is 10.0. The van der Waals surface area contributed by atoms with Gasteiger partial charge in [0.05, 0.1) is 24.5 Å². The van der Waals surface area contributed by atoms with Gasteiger partial charge in [0, 0.05) is 19.6 Å². The fourth-order valence-corrected chi connectivity index (χ4v) is 3.76. The number of ether oxygens (including phenoxy) is 1. The van der Waals surface area contributed by atoms with Crippen LogP contribution in [-0.4, -0.2) is 39.5 Å². The third kappa shape index (κ3) is 3.47. The molecule has 0 radical (unpaired) electrons. The summed E-state index contributed by atoms with van der Waals surface area (Å²) in [6, 6.07) is 10.3. The highest BCUT2D eigenvalue weighted by Crippen LogP contribution is 2.31. The fourth-order valence-electron chi connectivity index (χ4n) is 3.76. The zero-order valence-corrected chi connectivity index (χ0v) is 14.8. The Balaban J connectivity index is 1.70. The number of aliphatic hydroxyl groups is 1. The molecule has 1 aliphatic rings. The molecule has 5 heteroatoms. The molecule has 1 fully saturated rings. The number of rotatable bonds is 6. The number of methoxy groups -OCH3 is 1. The Morgan fingerprint density at radius 1 is 1.33 bits per heavy atom. The fraction of sp³-hybridized carbons (Fsp3) is 0.526. The molecular formula is C19H27N3O2. The Morgan fingerprint density at radius 2 is 2.08 bits per heavy atom. The third-order valence-electron chi connectivity index (χ3n) is 5.02. The molecule has 5 nitrogen and oxygen atoms in total. The van der Waals surface area contributed by atoms with Crippen LogP contribution in [-0.2, 0) is 13.6 Å². The second-order valence-corrected chi connectivity index (χ2v) is 6.63. The first-order chi connectivity index (χ1) is 11.6. The van der Waals surface area contributed by atoms with E-state index < -0.39 is 6.10 Å². The quantitative estimate of drug-likeness (QED) is 0.885. The minimum absolute atomic E-state index is 0.393. The van der Waals surface area contributed by atoms with Gasteiger partial charge in [-0.15, -0.1) is 0 Å². The minimum atomic E-state index is -0.409. The van der Waals surface area contributed by atoms with E-state index in [1.807, 2.05) is 44.3 Å². The van der Waals surface area contributed by atoms with Crippen molar-refractivity contribution >= 4 is 0 Å². The molecule has 0 amide bonds. The van der Waals surface area contributed by atoms with Crippen molar-refractivity contribution in [2.45, 2.75) is 44.9 Å². The Bertz CT molecular complexity index is 669. The molecule has 130 valence electrons. The van der Waals surface area contributed by atoms with Gasteiger partial charge in [-0.2, -0.15) is 5.10 Å². The predicted octanol–water partition coefficient (Wildman–Crippen LogP) is 2.83. The average Bonchev–Trinajstić information content (AvgIpc) is 3.12. The van der Waals surface area contributed by atoms with Crippen LogP contribution in [0.25, 0.3) is 0 Å². The van der Waals surface area contributed by atoms with Crippen LogP contribution in [0.1, 0.15) is 42.2 Å². The number of hydrogen-bond donors (Lipinski definition) is 1. The molecule has 0 aliphatic carbocycles. The average molecular weight is 329 g/mol. The maximum absolute atomic E-state index is 10.6. The number of benzene rings is 1. The normalized spacial score (nSPS) is 19.6. The van der Waals surface area contributed by atoms with Crippen LogP contribution in [0.2, 0.25) is 0 Å². The van der Waals surface area contributed by atoms with Crippen molar-refractivity contribution < 1.29 is 9.84 Å². The smallest absolute Gasteiger partial charge is 0.216 e. The molecule has 1 aromatic heterocycles. The van der Waals surface area contributed by atoms with E-state index in [0.717, 1.165) is 48.6 Å². The summed E-state index contributed by atoms with van der Waals surface area (Å²) in [5, 5.41) is 15.0. The molecular weight excluding hydrogens is 302 g/mol. The van der Waals surface area contributed by atoms with Gasteiger partial charge in [0.1, 0.15) is 0 Å². The van der Waals surface area contributed by atoms with Crippen LogP contribution in [0.3, 0.4) is 0 Å². The van der Waals surface area contributed by atoms with Crippen LogP contribution in [0.5, 0.6) is 5.88 Å². The van der Waals surface area contributed by atoms with E-state index in [9.17, 15) is 5.11 Å². The zero-order valence-electron chi connectivity index (χ0n) is 14.8. The molecule has 0 bridgehead atoms. The molecule has 3 rings (SSSR count). The van der Waals surface area contributed by atoms with Crippen molar-refractivity contribution in [3.63, 3.8) is 0 Å². The molecule has 2 heterocycles. The molecule has 2 aromatic rings. The van der Waals surface area contributed by atoms with E-state index in [1.54, 1.807) is 11.8 Å². The van der Waals surface area contributed by atoms with E-state index >= 15 is 0 Å². The standard InChI is InChI=1S/C19H27N3O2/c1-14-17(19(24-3)21(2)20-14)13-22-11-7-10-16(22)12-18(23)15-8-5-4-6-9-15/h4-6,8-9,16,18,23H,7,10-13H2,1-3H3. The third-order valence-corrected chi connectivity index (χ3v) is 5.02. The Labute approximate surface area is 143 Å². The van der Waals surface area contributed by atoms with Gasteiger partial charge in [-0.3, -0.25) is 4.90 Å². The summed E-state index contributed by atoms with van der Waals surface area (Å²) in [5.74, 6) is 0.835.